The van der Waals surface area contributed by atoms with Crippen LogP contribution < -0.4 is 10.6 Å². The van der Waals surface area contributed by atoms with Crippen LogP contribution in [0.15, 0.2) is 36.7 Å². The summed E-state index contributed by atoms with van der Waals surface area (Å²) >= 11 is 5.96. The Bertz CT molecular complexity index is 481. The van der Waals surface area contributed by atoms with Crippen LogP contribution in [-0.2, 0) is 6.54 Å². The van der Waals surface area contributed by atoms with E-state index in [0.29, 0.717) is 5.02 Å². The molecule has 1 aromatic heterocycles. The third kappa shape index (κ3) is 2.91. The number of nitrogen functional groups attached to an aromatic ring is 1. The maximum absolute atomic E-state index is 5.96. The lowest BCUT2D eigenvalue weighted by molar-refractivity contribution is 0.612. The molecule has 0 saturated carbocycles. The lowest BCUT2D eigenvalue weighted by atomic mass is 10.2. The van der Waals surface area contributed by atoms with Gasteiger partial charge in [-0.2, -0.15) is 5.10 Å². The van der Waals surface area contributed by atoms with E-state index in [9.17, 15) is 0 Å². The van der Waals surface area contributed by atoms with E-state index >= 15 is 0 Å². The van der Waals surface area contributed by atoms with Crippen LogP contribution in [0.2, 0.25) is 5.02 Å². The first-order valence-corrected chi connectivity index (χ1v) is 5.78. The Hall–Kier alpha value is -1.68. The van der Waals surface area contributed by atoms with Crippen molar-refractivity contribution in [2.75, 3.05) is 24.2 Å². The van der Waals surface area contributed by atoms with Crippen molar-refractivity contribution < 1.29 is 0 Å². The Balaban J connectivity index is 2.04. The fraction of sp³-hybridized carbons (Fsp3) is 0.250. The molecule has 4 nitrogen and oxygen atoms in total. The molecular weight excluding hydrogens is 236 g/mol. The number of halogens is 1. The number of nitrogens with two attached hydrogens (primary N) is 1. The maximum Gasteiger partial charge on any atom is 0.0612 e. The van der Waals surface area contributed by atoms with E-state index in [0.717, 1.165) is 24.5 Å². The standard InChI is InChI=1S/C12H15ClN4/c1-16(7-8-17-6-2-5-15-17)12-9-10(13)3-4-11(12)14/h2-6,9H,7-8,14H2,1H3. The lowest BCUT2D eigenvalue weighted by Crippen LogP contribution is -2.23. The molecule has 0 spiro atoms. The number of likely N-dealkylation sites (N-methyl/N-ethyl adjacent to an activating group) is 1. The molecule has 0 aliphatic heterocycles. The average molecular weight is 251 g/mol. The number of aromatic nitrogens is 2. The highest BCUT2D eigenvalue weighted by atomic mass is 35.5. The first kappa shape index (κ1) is 11.8. The highest BCUT2D eigenvalue weighted by molar-refractivity contribution is 6.31. The van der Waals surface area contributed by atoms with Crippen molar-refractivity contribution in [2.24, 2.45) is 0 Å². The van der Waals surface area contributed by atoms with Crippen LogP contribution in [0.25, 0.3) is 0 Å². The third-order valence-corrected chi connectivity index (χ3v) is 2.86. The lowest BCUT2D eigenvalue weighted by Gasteiger charge is -2.21. The molecule has 0 bridgehead atoms. The predicted octanol–water partition coefficient (Wildman–Crippen LogP) is 2.26. The fourth-order valence-corrected chi connectivity index (χ4v) is 1.82. The normalized spacial score (nSPS) is 10.5. The summed E-state index contributed by atoms with van der Waals surface area (Å²) in [6.45, 7) is 1.64. The topological polar surface area (TPSA) is 47.1 Å². The molecule has 0 aliphatic carbocycles. The first-order chi connectivity index (χ1) is 8.16. The van der Waals surface area contributed by atoms with Crippen molar-refractivity contribution in [3.8, 4) is 0 Å². The Kier molecular flexibility index (Phi) is 3.54. The van der Waals surface area contributed by atoms with Gasteiger partial charge in [-0.1, -0.05) is 11.6 Å². The van der Waals surface area contributed by atoms with E-state index in [4.69, 9.17) is 17.3 Å². The van der Waals surface area contributed by atoms with Gasteiger partial charge >= 0.3 is 0 Å². The summed E-state index contributed by atoms with van der Waals surface area (Å²) in [5.41, 5.74) is 7.60. The van der Waals surface area contributed by atoms with Gasteiger partial charge in [0, 0.05) is 31.0 Å². The maximum atomic E-state index is 5.96. The second-order valence-corrected chi connectivity index (χ2v) is 4.33. The second-order valence-electron chi connectivity index (χ2n) is 3.89. The van der Waals surface area contributed by atoms with Gasteiger partial charge in [0.15, 0.2) is 0 Å². The van der Waals surface area contributed by atoms with Crippen LogP contribution in [0.1, 0.15) is 0 Å². The molecule has 2 rings (SSSR count). The summed E-state index contributed by atoms with van der Waals surface area (Å²) in [7, 11) is 1.99. The minimum Gasteiger partial charge on any atom is -0.397 e. The Morgan fingerprint density at radius 2 is 2.29 bits per heavy atom. The molecule has 0 unspecified atom stereocenters. The summed E-state index contributed by atoms with van der Waals surface area (Å²) in [6.07, 6.45) is 3.71. The summed E-state index contributed by atoms with van der Waals surface area (Å²) in [5, 5.41) is 4.85. The van der Waals surface area contributed by atoms with E-state index in [2.05, 4.69) is 10.00 Å². The zero-order valence-corrected chi connectivity index (χ0v) is 10.4. The molecular formula is C12H15ClN4. The second kappa shape index (κ2) is 5.10. The smallest absolute Gasteiger partial charge is 0.0612 e. The summed E-state index contributed by atoms with van der Waals surface area (Å²) in [4.78, 5) is 2.07. The monoisotopic (exact) mass is 250 g/mol. The van der Waals surface area contributed by atoms with Crippen molar-refractivity contribution in [3.63, 3.8) is 0 Å². The van der Waals surface area contributed by atoms with Crippen molar-refractivity contribution in [1.29, 1.82) is 0 Å². The fourth-order valence-electron chi connectivity index (χ4n) is 1.65. The molecule has 0 amide bonds. The van der Waals surface area contributed by atoms with Crippen LogP contribution in [0, 0.1) is 0 Å². The summed E-state index contributed by atoms with van der Waals surface area (Å²) in [6, 6.07) is 7.40. The molecule has 2 aromatic rings. The van der Waals surface area contributed by atoms with Gasteiger partial charge in [-0.05, 0) is 24.3 Å². The van der Waals surface area contributed by atoms with Crippen molar-refractivity contribution in [2.45, 2.75) is 6.54 Å². The molecule has 90 valence electrons. The van der Waals surface area contributed by atoms with Gasteiger partial charge in [0.05, 0.1) is 17.9 Å². The van der Waals surface area contributed by atoms with Crippen LogP contribution in [-0.4, -0.2) is 23.4 Å². The minimum atomic E-state index is 0.695. The van der Waals surface area contributed by atoms with Crippen LogP contribution in [0.5, 0.6) is 0 Å². The van der Waals surface area contributed by atoms with Gasteiger partial charge in [0.2, 0.25) is 0 Å². The number of hydrogen-bond donors (Lipinski definition) is 1. The molecule has 1 heterocycles. The van der Waals surface area contributed by atoms with Crippen molar-refractivity contribution in [3.05, 3.63) is 41.7 Å². The van der Waals surface area contributed by atoms with E-state index in [1.807, 2.05) is 36.1 Å². The molecule has 0 atom stereocenters. The largest absolute Gasteiger partial charge is 0.397 e. The Morgan fingerprint density at radius 3 is 3.00 bits per heavy atom. The minimum absolute atomic E-state index is 0.695. The van der Waals surface area contributed by atoms with Crippen molar-refractivity contribution >= 4 is 23.0 Å². The predicted molar refractivity (Wildman–Crippen MR) is 71.4 cm³/mol. The number of anilines is 2. The molecule has 0 saturated heterocycles. The first-order valence-electron chi connectivity index (χ1n) is 5.40. The third-order valence-electron chi connectivity index (χ3n) is 2.63. The van der Waals surface area contributed by atoms with Gasteiger partial charge in [-0.15, -0.1) is 0 Å². The zero-order valence-electron chi connectivity index (χ0n) is 9.68. The van der Waals surface area contributed by atoms with Crippen LogP contribution >= 0.6 is 11.6 Å². The molecule has 0 radical (unpaired) electrons. The number of hydrogen-bond acceptors (Lipinski definition) is 3. The van der Waals surface area contributed by atoms with Crippen LogP contribution in [0.3, 0.4) is 0 Å². The number of nitrogens with zero attached hydrogens (tertiary/aromatic N) is 3. The number of rotatable bonds is 4. The van der Waals surface area contributed by atoms with E-state index < -0.39 is 0 Å². The molecule has 17 heavy (non-hydrogen) atoms. The molecule has 0 fully saturated rings. The average Bonchev–Trinajstić information content (AvgIpc) is 2.82. The van der Waals surface area contributed by atoms with Gasteiger partial charge in [0.1, 0.15) is 0 Å². The Labute approximate surface area is 106 Å². The van der Waals surface area contributed by atoms with Crippen molar-refractivity contribution in [1.82, 2.24) is 9.78 Å². The van der Waals surface area contributed by atoms with Gasteiger partial charge in [0.25, 0.3) is 0 Å². The molecule has 1 aromatic carbocycles. The van der Waals surface area contributed by atoms with Gasteiger partial charge in [-0.3, -0.25) is 4.68 Å². The Morgan fingerprint density at radius 1 is 1.47 bits per heavy atom. The quantitative estimate of drug-likeness (QED) is 0.847. The van der Waals surface area contributed by atoms with E-state index in [1.54, 1.807) is 12.3 Å². The molecule has 5 heteroatoms. The summed E-state index contributed by atoms with van der Waals surface area (Å²) < 4.78 is 1.89. The van der Waals surface area contributed by atoms with E-state index in [-0.39, 0.29) is 0 Å². The van der Waals surface area contributed by atoms with Crippen LogP contribution in [0.4, 0.5) is 11.4 Å². The molecule has 0 aliphatic rings. The van der Waals surface area contributed by atoms with Gasteiger partial charge < -0.3 is 10.6 Å². The zero-order chi connectivity index (χ0) is 12.3. The highest BCUT2D eigenvalue weighted by Crippen LogP contribution is 2.25. The number of benzene rings is 1. The van der Waals surface area contributed by atoms with Gasteiger partial charge in [-0.25, -0.2) is 0 Å². The van der Waals surface area contributed by atoms with E-state index in [1.165, 1.54) is 0 Å². The SMILES string of the molecule is CN(CCn1cccn1)c1cc(Cl)ccc1N. The summed E-state index contributed by atoms with van der Waals surface area (Å²) in [5.74, 6) is 0. The molecule has 2 N–H and O–H groups in total. The highest BCUT2D eigenvalue weighted by Gasteiger charge is 2.06.